The molecule has 2 aromatic rings. The van der Waals surface area contributed by atoms with Gasteiger partial charge in [0.05, 0.1) is 13.7 Å². The van der Waals surface area contributed by atoms with Gasteiger partial charge in [0, 0.05) is 38.4 Å². The lowest BCUT2D eigenvalue weighted by Crippen LogP contribution is -2.30. The molecule has 0 bridgehead atoms. The lowest BCUT2D eigenvalue weighted by Gasteiger charge is -2.16. The van der Waals surface area contributed by atoms with Crippen LogP contribution in [0.25, 0.3) is 16.7 Å². The van der Waals surface area contributed by atoms with E-state index in [2.05, 4.69) is 21.5 Å². The highest BCUT2D eigenvalue weighted by Gasteiger charge is 2.28. The van der Waals surface area contributed by atoms with Crippen LogP contribution in [0.1, 0.15) is 38.9 Å². The maximum Gasteiger partial charge on any atom is 0.245 e. The molecule has 1 atom stereocenters. The van der Waals surface area contributed by atoms with Crippen molar-refractivity contribution in [1.29, 1.82) is 0 Å². The van der Waals surface area contributed by atoms with Crippen molar-refractivity contribution in [3.8, 4) is 5.88 Å². The molecule has 31 heavy (non-hydrogen) atoms. The average molecular weight is 429 g/mol. The standard InChI is InChI=1S/C22H28FN5O3/c1-6-16(23)17(30-5)9-8-14(3)20-26-19-21(27(20)4)24-13-25-22(19)31-15-10-11-28(12-15)18(29)7-2/h8-9,13,15H,3,6-7,10-12H2,1-2,4-5H3. The minimum Gasteiger partial charge on any atom is -0.494 e. The molecule has 1 amide bonds. The minimum absolute atomic E-state index is 0.117. The number of hydrogen-bond acceptors (Lipinski definition) is 6. The molecule has 0 aromatic carbocycles. The van der Waals surface area contributed by atoms with Gasteiger partial charge < -0.3 is 18.9 Å². The van der Waals surface area contributed by atoms with E-state index >= 15 is 0 Å². The molecule has 9 heteroatoms. The third kappa shape index (κ3) is 4.76. The Morgan fingerprint density at radius 2 is 2.10 bits per heavy atom. The lowest BCUT2D eigenvalue weighted by molar-refractivity contribution is -0.130. The summed E-state index contributed by atoms with van der Waals surface area (Å²) in [7, 11) is 3.24. The molecule has 2 aromatic heterocycles. The van der Waals surface area contributed by atoms with Gasteiger partial charge >= 0.3 is 0 Å². The van der Waals surface area contributed by atoms with E-state index in [0.717, 1.165) is 6.42 Å². The number of allylic oxidation sites excluding steroid dienone is 4. The number of ether oxygens (including phenoxy) is 2. The van der Waals surface area contributed by atoms with Crippen LogP contribution in [0, 0.1) is 0 Å². The monoisotopic (exact) mass is 429 g/mol. The van der Waals surface area contributed by atoms with E-state index < -0.39 is 0 Å². The SMILES string of the molecule is C=C(C=CC(OC)=C(F)CC)c1nc2c(OC3CCN(C(=O)CC)C3)ncnc2n1C. The van der Waals surface area contributed by atoms with Crippen LogP contribution in [0.2, 0.25) is 0 Å². The van der Waals surface area contributed by atoms with Crippen molar-refractivity contribution in [2.75, 3.05) is 20.2 Å². The van der Waals surface area contributed by atoms with Gasteiger partial charge in [-0.25, -0.2) is 14.4 Å². The van der Waals surface area contributed by atoms with E-state index in [-0.39, 0.29) is 30.0 Å². The number of fused-ring (bicyclic) bond motifs is 1. The van der Waals surface area contributed by atoms with Crippen LogP contribution >= 0.6 is 0 Å². The van der Waals surface area contributed by atoms with E-state index in [1.54, 1.807) is 22.5 Å². The minimum atomic E-state index is -0.342. The van der Waals surface area contributed by atoms with Gasteiger partial charge in [0.1, 0.15) is 29.8 Å². The van der Waals surface area contributed by atoms with Crippen molar-refractivity contribution in [2.24, 2.45) is 7.05 Å². The first-order chi connectivity index (χ1) is 14.9. The zero-order chi connectivity index (χ0) is 22.5. The van der Waals surface area contributed by atoms with E-state index in [4.69, 9.17) is 9.47 Å². The Labute approximate surface area is 181 Å². The Hall–Kier alpha value is -3.23. The van der Waals surface area contributed by atoms with Crippen molar-refractivity contribution < 1.29 is 18.7 Å². The topological polar surface area (TPSA) is 82.4 Å². The first-order valence-electron chi connectivity index (χ1n) is 10.3. The Morgan fingerprint density at radius 1 is 1.32 bits per heavy atom. The summed E-state index contributed by atoms with van der Waals surface area (Å²) in [6.07, 6.45) is 5.91. The molecule has 8 nitrogen and oxygen atoms in total. The molecule has 1 fully saturated rings. The smallest absolute Gasteiger partial charge is 0.245 e. The molecule has 0 aliphatic carbocycles. The number of rotatable bonds is 8. The van der Waals surface area contributed by atoms with Crippen LogP contribution in [-0.4, -0.2) is 56.6 Å². The number of nitrogens with zero attached hydrogens (tertiary/aromatic N) is 5. The van der Waals surface area contributed by atoms with Crippen LogP contribution < -0.4 is 4.74 Å². The summed E-state index contributed by atoms with van der Waals surface area (Å²) >= 11 is 0. The number of amides is 1. The summed E-state index contributed by atoms with van der Waals surface area (Å²) in [6.45, 7) is 8.80. The Morgan fingerprint density at radius 3 is 2.77 bits per heavy atom. The van der Waals surface area contributed by atoms with E-state index in [9.17, 15) is 9.18 Å². The molecule has 0 radical (unpaired) electrons. The normalized spacial score (nSPS) is 17.3. The van der Waals surface area contributed by atoms with Gasteiger partial charge in [0.15, 0.2) is 11.2 Å². The predicted octanol–water partition coefficient (Wildman–Crippen LogP) is 3.56. The third-order valence-corrected chi connectivity index (χ3v) is 5.22. The van der Waals surface area contributed by atoms with E-state index in [1.165, 1.54) is 19.5 Å². The first kappa shape index (κ1) is 22.5. The molecule has 0 spiro atoms. The molecule has 0 saturated carbocycles. The zero-order valence-electron chi connectivity index (χ0n) is 18.4. The van der Waals surface area contributed by atoms with Crippen molar-refractivity contribution in [3.05, 3.63) is 42.5 Å². The number of aryl methyl sites for hydroxylation is 1. The van der Waals surface area contributed by atoms with E-state index in [1.807, 2.05) is 14.0 Å². The van der Waals surface area contributed by atoms with E-state index in [0.29, 0.717) is 48.0 Å². The molecule has 0 N–H and O–H groups in total. The van der Waals surface area contributed by atoms with Crippen molar-refractivity contribution in [3.63, 3.8) is 0 Å². The number of aromatic nitrogens is 4. The second-order valence-corrected chi connectivity index (χ2v) is 7.25. The molecule has 1 unspecified atom stereocenters. The Kier molecular flexibility index (Phi) is 7.04. The second-order valence-electron chi connectivity index (χ2n) is 7.25. The fourth-order valence-electron chi connectivity index (χ4n) is 3.48. The largest absolute Gasteiger partial charge is 0.494 e. The summed E-state index contributed by atoms with van der Waals surface area (Å²) in [5, 5.41) is 0. The highest BCUT2D eigenvalue weighted by molar-refractivity contribution is 5.82. The fourth-order valence-corrected chi connectivity index (χ4v) is 3.48. The molecule has 1 aliphatic rings. The lowest BCUT2D eigenvalue weighted by atomic mass is 10.2. The first-order valence-corrected chi connectivity index (χ1v) is 10.3. The number of hydrogen-bond donors (Lipinski definition) is 0. The summed E-state index contributed by atoms with van der Waals surface area (Å²) in [4.78, 5) is 26.9. The summed E-state index contributed by atoms with van der Waals surface area (Å²) < 4.78 is 26.8. The number of carbonyl (C=O) groups excluding carboxylic acids is 1. The average Bonchev–Trinajstić information content (AvgIpc) is 3.38. The van der Waals surface area contributed by atoms with Crippen LogP contribution in [0.15, 0.2) is 36.6 Å². The predicted molar refractivity (Wildman–Crippen MR) is 116 cm³/mol. The summed E-state index contributed by atoms with van der Waals surface area (Å²) in [6, 6.07) is 0. The number of imidazole rings is 1. The highest BCUT2D eigenvalue weighted by atomic mass is 19.1. The summed E-state index contributed by atoms with van der Waals surface area (Å²) in [5.74, 6) is 0.849. The van der Waals surface area contributed by atoms with Gasteiger partial charge in [-0.15, -0.1) is 0 Å². The van der Waals surface area contributed by atoms with Gasteiger partial charge in [-0.2, -0.15) is 4.98 Å². The molecule has 166 valence electrons. The van der Waals surface area contributed by atoms with Gasteiger partial charge in [0.25, 0.3) is 0 Å². The van der Waals surface area contributed by atoms with Crippen LogP contribution in [-0.2, 0) is 16.6 Å². The summed E-state index contributed by atoms with van der Waals surface area (Å²) in [5.41, 5.74) is 1.67. The van der Waals surface area contributed by atoms with Crippen molar-refractivity contribution in [1.82, 2.24) is 24.4 Å². The van der Waals surface area contributed by atoms with Gasteiger partial charge in [0.2, 0.25) is 11.8 Å². The highest BCUT2D eigenvalue weighted by Crippen LogP contribution is 2.27. The fraction of sp³-hybridized carbons (Fsp3) is 0.455. The van der Waals surface area contributed by atoms with Crippen LogP contribution in [0.3, 0.4) is 0 Å². The quantitative estimate of drug-likeness (QED) is 0.471. The third-order valence-electron chi connectivity index (χ3n) is 5.22. The van der Waals surface area contributed by atoms with Crippen molar-refractivity contribution >= 4 is 22.6 Å². The number of likely N-dealkylation sites (tertiary alicyclic amines) is 1. The number of halogens is 1. The zero-order valence-corrected chi connectivity index (χ0v) is 18.4. The maximum atomic E-state index is 13.8. The molecule has 1 saturated heterocycles. The Bertz CT molecular complexity index is 1040. The van der Waals surface area contributed by atoms with Gasteiger partial charge in [-0.3, -0.25) is 4.79 Å². The second kappa shape index (κ2) is 9.72. The Balaban J connectivity index is 1.84. The van der Waals surface area contributed by atoms with Gasteiger partial charge in [-0.1, -0.05) is 20.4 Å². The van der Waals surface area contributed by atoms with Crippen LogP contribution in [0.5, 0.6) is 5.88 Å². The molecule has 1 aliphatic heterocycles. The van der Waals surface area contributed by atoms with Crippen molar-refractivity contribution in [2.45, 2.75) is 39.2 Å². The molecular formula is C22H28FN5O3. The van der Waals surface area contributed by atoms with Gasteiger partial charge in [-0.05, 0) is 12.2 Å². The number of methoxy groups -OCH3 is 1. The molecule has 3 heterocycles. The molecule has 3 rings (SSSR count). The maximum absolute atomic E-state index is 13.8. The molecular weight excluding hydrogens is 401 g/mol. The van der Waals surface area contributed by atoms with Crippen LogP contribution in [0.4, 0.5) is 4.39 Å². The number of carbonyl (C=O) groups is 1.